The first kappa shape index (κ1) is 22.9. The van der Waals surface area contributed by atoms with Crippen molar-refractivity contribution < 1.29 is 9.90 Å². The third-order valence-corrected chi connectivity index (χ3v) is 5.73. The number of para-hydroxylation sites is 2. The van der Waals surface area contributed by atoms with Crippen molar-refractivity contribution in [3.05, 3.63) is 53.1 Å². The Morgan fingerprint density at radius 3 is 2.32 bits per heavy atom. The summed E-state index contributed by atoms with van der Waals surface area (Å²) in [5.74, 6) is 0.309. The number of nitrogens with zero attached hydrogens (tertiary/aromatic N) is 2. The van der Waals surface area contributed by atoms with Crippen molar-refractivity contribution in [3.63, 3.8) is 0 Å². The fraction of sp³-hybridized carbons (Fsp3) is 0.375. The lowest BCUT2D eigenvalue weighted by Crippen LogP contribution is -2.20. The van der Waals surface area contributed by atoms with E-state index in [9.17, 15) is 9.90 Å². The van der Waals surface area contributed by atoms with Gasteiger partial charge in [-0.15, -0.1) is 0 Å². The number of phenols is 1. The highest BCUT2D eigenvalue weighted by atomic mass is 32.2. The van der Waals surface area contributed by atoms with Gasteiger partial charge in [0.2, 0.25) is 0 Å². The number of hydrogen-bond donors (Lipinski definition) is 3. The lowest BCUT2D eigenvalue weighted by atomic mass is 9.78. The molecule has 0 atom stereocenters. The number of aromatic nitrogens is 2. The van der Waals surface area contributed by atoms with Crippen LogP contribution >= 0.6 is 11.8 Å². The second-order valence-corrected chi connectivity index (χ2v) is 10.6. The topological polar surface area (TPSA) is 90.4 Å². The van der Waals surface area contributed by atoms with Gasteiger partial charge in [-0.05, 0) is 40.7 Å². The number of benzene rings is 2. The van der Waals surface area contributed by atoms with Crippen LogP contribution in [0.2, 0.25) is 0 Å². The van der Waals surface area contributed by atoms with Crippen LogP contribution in [0.1, 0.15) is 58.2 Å². The number of fused-ring (bicyclic) bond motifs is 1. The van der Waals surface area contributed by atoms with E-state index in [1.165, 1.54) is 11.8 Å². The number of phenolic OH excluding ortho intramolecular Hbond substituents is 1. The van der Waals surface area contributed by atoms with Crippen LogP contribution in [0.3, 0.4) is 0 Å². The minimum Gasteiger partial charge on any atom is -0.507 e. The second-order valence-electron chi connectivity index (χ2n) is 9.61. The summed E-state index contributed by atoms with van der Waals surface area (Å²) >= 11 is 1.33. The molecule has 31 heavy (non-hydrogen) atoms. The van der Waals surface area contributed by atoms with Crippen LogP contribution in [-0.4, -0.2) is 32.9 Å². The fourth-order valence-electron chi connectivity index (χ4n) is 3.22. The molecule has 3 aromatic rings. The predicted molar refractivity (Wildman–Crippen MR) is 128 cm³/mol. The molecule has 1 amide bonds. The van der Waals surface area contributed by atoms with Gasteiger partial charge in [0.1, 0.15) is 5.75 Å². The normalized spacial score (nSPS) is 12.6. The number of rotatable bonds is 5. The first-order chi connectivity index (χ1) is 14.4. The summed E-state index contributed by atoms with van der Waals surface area (Å²) in [4.78, 5) is 19.8. The standard InChI is InChI=1S/C24H30N4O2S/c1-23(2,3)16-11-15(12-17(21(16)30)24(4,5)6)13-25-28-20(29)14-31-22-26-18-9-7-8-10-19(18)27-22/h7-13,30H,14H2,1-6H3,(H,26,27)(H,28,29)/b25-13-. The summed E-state index contributed by atoms with van der Waals surface area (Å²) in [5, 5.41) is 15.6. The molecule has 0 spiro atoms. The molecule has 0 bridgehead atoms. The molecule has 0 saturated carbocycles. The summed E-state index contributed by atoms with van der Waals surface area (Å²) in [6.07, 6.45) is 1.62. The van der Waals surface area contributed by atoms with E-state index in [2.05, 4.69) is 62.0 Å². The summed E-state index contributed by atoms with van der Waals surface area (Å²) < 4.78 is 0. The first-order valence-electron chi connectivity index (χ1n) is 10.2. The van der Waals surface area contributed by atoms with Gasteiger partial charge in [0.15, 0.2) is 5.16 Å². The molecule has 0 fully saturated rings. The van der Waals surface area contributed by atoms with Crippen molar-refractivity contribution in [2.24, 2.45) is 5.10 Å². The number of aromatic amines is 1. The highest BCUT2D eigenvalue weighted by Gasteiger charge is 2.26. The first-order valence-corrected chi connectivity index (χ1v) is 11.2. The molecule has 0 radical (unpaired) electrons. The number of aromatic hydroxyl groups is 1. The number of amides is 1. The van der Waals surface area contributed by atoms with E-state index in [0.717, 1.165) is 27.7 Å². The Morgan fingerprint density at radius 2 is 1.74 bits per heavy atom. The Bertz CT molecular complexity index is 1050. The SMILES string of the molecule is CC(C)(C)c1cc(/C=N\NC(=O)CSc2nc3ccccc3[nH]2)cc(C(C)(C)C)c1O. The zero-order valence-electron chi connectivity index (χ0n) is 18.9. The van der Waals surface area contributed by atoms with Crippen molar-refractivity contribution in [1.82, 2.24) is 15.4 Å². The number of imidazole rings is 1. The van der Waals surface area contributed by atoms with Crippen molar-refractivity contribution in [2.75, 3.05) is 5.75 Å². The van der Waals surface area contributed by atoms with Crippen LogP contribution in [0.25, 0.3) is 11.0 Å². The number of carbonyl (C=O) groups is 1. The van der Waals surface area contributed by atoms with E-state index >= 15 is 0 Å². The third-order valence-electron chi connectivity index (χ3n) is 4.86. The maximum Gasteiger partial charge on any atom is 0.250 e. The van der Waals surface area contributed by atoms with Gasteiger partial charge in [-0.3, -0.25) is 4.79 Å². The maximum absolute atomic E-state index is 12.2. The Balaban J connectivity index is 1.68. The van der Waals surface area contributed by atoms with E-state index in [4.69, 9.17) is 0 Å². The summed E-state index contributed by atoms with van der Waals surface area (Å²) in [5.41, 5.74) is 6.49. The molecule has 0 aliphatic rings. The number of nitrogens with one attached hydrogen (secondary N) is 2. The van der Waals surface area contributed by atoms with Gasteiger partial charge < -0.3 is 10.1 Å². The van der Waals surface area contributed by atoms with Gasteiger partial charge in [0, 0.05) is 11.1 Å². The minimum absolute atomic E-state index is 0.202. The van der Waals surface area contributed by atoms with Crippen LogP contribution in [-0.2, 0) is 15.6 Å². The van der Waals surface area contributed by atoms with Crippen molar-refractivity contribution in [2.45, 2.75) is 57.5 Å². The van der Waals surface area contributed by atoms with Crippen molar-refractivity contribution in [1.29, 1.82) is 0 Å². The molecule has 0 aliphatic carbocycles. The van der Waals surface area contributed by atoms with Crippen LogP contribution in [0, 0.1) is 0 Å². The molecule has 3 rings (SSSR count). The highest BCUT2D eigenvalue weighted by molar-refractivity contribution is 7.99. The van der Waals surface area contributed by atoms with Gasteiger partial charge in [-0.25, -0.2) is 10.4 Å². The Kier molecular flexibility index (Phi) is 6.46. The molecule has 0 saturated heterocycles. The van der Waals surface area contributed by atoms with Gasteiger partial charge in [-0.1, -0.05) is 65.4 Å². The highest BCUT2D eigenvalue weighted by Crippen LogP contribution is 2.39. The van der Waals surface area contributed by atoms with E-state index in [-0.39, 0.29) is 22.5 Å². The summed E-state index contributed by atoms with van der Waals surface area (Å²) in [6, 6.07) is 11.6. The van der Waals surface area contributed by atoms with Crippen molar-refractivity contribution >= 4 is 34.9 Å². The van der Waals surface area contributed by atoms with Crippen LogP contribution in [0.5, 0.6) is 5.75 Å². The van der Waals surface area contributed by atoms with Gasteiger partial charge in [-0.2, -0.15) is 5.10 Å². The van der Waals surface area contributed by atoms with E-state index in [1.54, 1.807) is 6.21 Å². The quantitative estimate of drug-likeness (QED) is 0.293. The summed E-state index contributed by atoms with van der Waals surface area (Å²) in [7, 11) is 0. The smallest absolute Gasteiger partial charge is 0.250 e. The Labute approximate surface area is 187 Å². The maximum atomic E-state index is 12.2. The van der Waals surface area contributed by atoms with Gasteiger partial charge in [0.05, 0.1) is 23.0 Å². The molecule has 1 heterocycles. The monoisotopic (exact) mass is 438 g/mol. The zero-order valence-corrected chi connectivity index (χ0v) is 19.7. The number of hydrazone groups is 1. The van der Waals surface area contributed by atoms with Crippen LogP contribution < -0.4 is 5.43 Å². The Hall–Kier alpha value is -2.80. The van der Waals surface area contributed by atoms with Gasteiger partial charge in [0.25, 0.3) is 5.91 Å². The van der Waals surface area contributed by atoms with E-state index in [1.807, 2.05) is 36.4 Å². The lowest BCUT2D eigenvalue weighted by molar-refractivity contribution is -0.118. The average Bonchev–Trinajstić information content (AvgIpc) is 3.08. The number of carbonyl (C=O) groups excluding carboxylic acids is 1. The zero-order chi connectivity index (χ0) is 22.8. The molecule has 164 valence electrons. The predicted octanol–water partition coefficient (Wildman–Crippen LogP) is 5.11. The largest absolute Gasteiger partial charge is 0.507 e. The molecular weight excluding hydrogens is 408 g/mol. The number of thioether (sulfide) groups is 1. The molecule has 2 aromatic carbocycles. The lowest BCUT2D eigenvalue weighted by Gasteiger charge is -2.27. The fourth-order valence-corrected chi connectivity index (χ4v) is 3.89. The molecule has 0 unspecified atom stereocenters. The second kappa shape index (κ2) is 8.75. The summed E-state index contributed by atoms with van der Waals surface area (Å²) in [6.45, 7) is 12.4. The molecule has 1 aromatic heterocycles. The van der Waals surface area contributed by atoms with Crippen molar-refractivity contribution in [3.8, 4) is 5.75 Å². The molecule has 0 aliphatic heterocycles. The third kappa shape index (κ3) is 5.67. The van der Waals surface area contributed by atoms with E-state index in [0.29, 0.717) is 10.9 Å². The van der Waals surface area contributed by atoms with Crippen LogP contribution in [0.4, 0.5) is 0 Å². The average molecular weight is 439 g/mol. The minimum atomic E-state index is -0.222. The van der Waals surface area contributed by atoms with Gasteiger partial charge >= 0.3 is 0 Å². The molecule has 6 nitrogen and oxygen atoms in total. The molecule has 7 heteroatoms. The van der Waals surface area contributed by atoms with Crippen LogP contribution in [0.15, 0.2) is 46.7 Å². The number of H-pyrrole nitrogens is 1. The molecular formula is C24H30N4O2S. The number of hydrogen-bond acceptors (Lipinski definition) is 5. The molecule has 3 N–H and O–H groups in total. The Morgan fingerprint density at radius 1 is 1.13 bits per heavy atom. The van der Waals surface area contributed by atoms with E-state index < -0.39 is 0 Å².